The first-order valence-electron chi connectivity index (χ1n) is 6.85. The van der Waals surface area contributed by atoms with E-state index >= 15 is 0 Å². The molecule has 6 nitrogen and oxygen atoms in total. The van der Waals surface area contributed by atoms with Crippen LogP contribution in [-0.4, -0.2) is 30.3 Å². The topological polar surface area (TPSA) is 85.3 Å². The molecule has 0 radical (unpaired) electrons. The maximum Gasteiger partial charge on any atom is 0.239 e. The highest BCUT2D eigenvalue weighted by Gasteiger charge is 2.18. The predicted octanol–water partition coefficient (Wildman–Crippen LogP) is 3.15. The zero-order valence-corrected chi connectivity index (χ0v) is 13.1. The van der Waals surface area contributed by atoms with Crippen molar-refractivity contribution in [2.45, 2.75) is 6.92 Å². The van der Waals surface area contributed by atoms with E-state index < -0.39 is 0 Å². The molecule has 0 amide bonds. The van der Waals surface area contributed by atoms with Crippen molar-refractivity contribution in [2.24, 2.45) is 4.99 Å². The quantitative estimate of drug-likeness (QED) is 0.640. The van der Waals surface area contributed by atoms with Crippen LogP contribution in [0.2, 0.25) is 0 Å². The van der Waals surface area contributed by atoms with E-state index in [0.717, 1.165) is 0 Å². The molecule has 114 valence electrons. The molecule has 0 N–H and O–H groups in total. The molecule has 1 heterocycles. The lowest BCUT2D eigenvalue weighted by Crippen LogP contribution is -2.07. The van der Waals surface area contributed by atoms with E-state index in [1.807, 2.05) is 32.3 Å². The van der Waals surface area contributed by atoms with E-state index in [0.29, 0.717) is 11.3 Å². The fraction of sp³-hybridized carbons (Fsp3) is 0.176. The second kappa shape index (κ2) is 7.06. The van der Waals surface area contributed by atoms with Crippen molar-refractivity contribution < 1.29 is 4.74 Å². The summed E-state index contributed by atoms with van der Waals surface area (Å²) in [5.41, 5.74) is 0.996. The molecule has 2 rings (SSSR count). The number of benzene rings is 1. The number of aliphatic imine (C=N–C) groups is 1. The van der Waals surface area contributed by atoms with Gasteiger partial charge in [-0.15, -0.1) is 0 Å². The first kappa shape index (κ1) is 16.0. The summed E-state index contributed by atoms with van der Waals surface area (Å²) in [6.07, 6.45) is 1.54. The van der Waals surface area contributed by atoms with E-state index in [2.05, 4.69) is 22.1 Å². The molecule has 0 bridgehead atoms. The molecule has 0 atom stereocenters. The molecule has 6 heteroatoms. The minimum atomic E-state index is 0.140. The molecule has 0 saturated heterocycles. The first-order valence-corrected chi connectivity index (χ1v) is 6.85. The molecule has 0 aliphatic carbocycles. The summed E-state index contributed by atoms with van der Waals surface area (Å²) < 4.78 is 5.70. The number of ether oxygens (including phenoxy) is 1. The summed E-state index contributed by atoms with van der Waals surface area (Å²) in [5, 5.41) is 18.7. The summed E-state index contributed by atoms with van der Waals surface area (Å²) in [4.78, 5) is 10.2. The summed E-state index contributed by atoms with van der Waals surface area (Å²) in [6, 6.07) is 13.1. The van der Waals surface area contributed by atoms with Crippen LogP contribution in [0, 0.1) is 29.6 Å². The van der Waals surface area contributed by atoms with Crippen LogP contribution < -0.4 is 4.74 Å². The molecule has 1 aromatic carbocycles. The van der Waals surface area contributed by atoms with Crippen LogP contribution in [0.3, 0.4) is 0 Å². The minimum Gasteiger partial charge on any atom is -0.438 e. The van der Waals surface area contributed by atoms with Gasteiger partial charge in [0.05, 0.1) is 6.34 Å². The normalized spacial score (nSPS) is 10.1. The highest BCUT2D eigenvalue weighted by molar-refractivity contribution is 5.67. The Hall–Kier alpha value is -3.38. The molecular formula is C17H15N5O. The number of rotatable bonds is 4. The molecule has 0 spiro atoms. The Morgan fingerprint density at radius 3 is 2.35 bits per heavy atom. The van der Waals surface area contributed by atoms with Gasteiger partial charge >= 0.3 is 0 Å². The molecule has 2 aromatic rings. The monoisotopic (exact) mass is 305 g/mol. The average Bonchev–Trinajstić information content (AvgIpc) is 2.54. The number of nitrogens with zero attached hydrogens (tertiary/aromatic N) is 5. The summed E-state index contributed by atoms with van der Waals surface area (Å²) in [7, 11) is 3.63. The van der Waals surface area contributed by atoms with Gasteiger partial charge in [-0.3, -0.25) is 0 Å². The van der Waals surface area contributed by atoms with Gasteiger partial charge in [-0.25, -0.2) is 4.99 Å². The van der Waals surface area contributed by atoms with E-state index in [-0.39, 0.29) is 22.8 Å². The Bertz CT molecular complexity index is 814. The SMILES string of the molecule is Cc1c(C#N)c(N=CN(C)C)nc(Oc2ccccc2)c1C#N. The van der Waals surface area contributed by atoms with E-state index in [9.17, 15) is 10.5 Å². The third-order valence-corrected chi connectivity index (χ3v) is 2.99. The van der Waals surface area contributed by atoms with Crippen LogP contribution in [0.4, 0.5) is 5.82 Å². The van der Waals surface area contributed by atoms with Crippen LogP contribution in [0.15, 0.2) is 35.3 Å². The molecule has 0 unspecified atom stereocenters. The molecule has 0 fully saturated rings. The Labute approximate surface area is 134 Å². The molecule has 0 aliphatic rings. The standard InChI is InChI=1S/C17H15N5O/c1-12-14(9-18)16(20-11-22(2)3)21-17(15(12)10-19)23-13-7-5-4-6-8-13/h4-8,11H,1-3H3. The van der Waals surface area contributed by atoms with Crippen LogP contribution in [-0.2, 0) is 0 Å². The number of aromatic nitrogens is 1. The zero-order valence-electron chi connectivity index (χ0n) is 13.1. The lowest BCUT2D eigenvalue weighted by Gasteiger charge is -2.11. The van der Waals surface area contributed by atoms with Crippen molar-refractivity contribution in [2.75, 3.05) is 14.1 Å². The van der Waals surface area contributed by atoms with Crippen LogP contribution in [0.25, 0.3) is 0 Å². The van der Waals surface area contributed by atoms with Crippen molar-refractivity contribution in [3.8, 4) is 23.8 Å². The van der Waals surface area contributed by atoms with E-state index in [1.54, 1.807) is 30.3 Å². The molecule has 23 heavy (non-hydrogen) atoms. The van der Waals surface area contributed by atoms with Crippen molar-refractivity contribution in [1.29, 1.82) is 10.5 Å². The van der Waals surface area contributed by atoms with Gasteiger partial charge in [-0.05, 0) is 24.6 Å². The highest BCUT2D eigenvalue weighted by atomic mass is 16.5. The fourth-order valence-electron chi connectivity index (χ4n) is 1.86. The Kier molecular flexibility index (Phi) is 4.91. The maximum absolute atomic E-state index is 9.38. The first-order chi connectivity index (χ1) is 11.1. The van der Waals surface area contributed by atoms with Crippen molar-refractivity contribution in [3.05, 3.63) is 47.0 Å². The second-order valence-electron chi connectivity index (χ2n) is 4.96. The lowest BCUT2D eigenvalue weighted by molar-refractivity contribution is 0.461. The highest BCUT2D eigenvalue weighted by Crippen LogP contribution is 2.31. The fourth-order valence-corrected chi connectivity index (χ4v) is 1.86. The molecular weight excluding hydrogens is 290 g/mol. The zero-order chi connectivity index (χ0) is 16.8. The molecule has 0 aliphatic heterocycles. The Morgan fingerprint density at radius 1 is 1.13 bits per heavy atom. The lowest BCUT2D eigenvalue weighted by atomic mass is 10.1. The third kappa shape index (κ3) is 3.63. The Balaban J connectivity index is 2.57. The average molecular weight is 305 g/mol. The largest absolute Gasteiger partial charge is 0.438 e. The van der Waals surface area contributed by atoms with Gasteiger partial charge < -0.3 is 9.64 Å². The van der Waals surface area contributed by atoms with E-state index in [4.69, 9.17) is 4.74 Å². The van der Waals surface area contributed by atoms with Gasteiger partial charge in [0.25, 0.3) is 0 Å². The van der Waals surface area contributed by atoms with Gasteiger partial charge in [0.15, 0.2) is 5.82 Å². The number of hydrogen-bond donors (Lipinski definition) is 0. The van der Waals surface area contributed by atoms with E-state index in [1.165, 1.54) is 0 Å². The third-order valence-electron chi connectivity index (χ3n) is 2.99. The van der Waals surface area contributed by atoms with Crippen molar-refractivity contribution in [3.63, 3.8) is 0 Å². The maximum atomic E-state index is 9.38. The van der Waals surface area contributed by atoms with Gasteiger partial charge in [0.2, 0.25) is 5.88 Å². The number of hydrogen-bond acceptors (Lipinski definition) is 5. The van der Waals surface area contributed by atoms with Crippen molar-refractivity contribution >= 4 is 12.2 Å². The van der Waals surface area contributed by atoms with Crippen LogP contribution in [0.5, 0.6) is 11.6 Å². The van der Waals surface area contributed by atoms with Gasteiger partial charge in [0.1, 0.15) is 29.0 Å². The smallest absolute Gasteiger partial charge is 0.239 e. The van der Waals surface area contributed by atoms with Crippen LogP contribution >= 0.6 is 0 Å². The summed E-state index contributed by atoms with van der Waals surface area (Å²) >= 11 is 0. The summed E-state index contributed by atoms with van der Waals surface area (Å²) in [5.74, 6) is 0.924. The molecule has 0 saturated carbocycles. The number of para-hydroxylation sites is 1. The van der Waals surface area contributed by atoms with Crippen LogP contribution in [0.1, 0.15) is 16.7 Å². The number of nitriles is 2. The summed E-state index contributed by atoms with van der Waals surface area (Å²) in [6.45, 7) is 1.69. The molecule has 1 aromatic heterocycles. The minimum absolute atomic E-state index is 0.140. The predicted molar refractivity (Wildman–Crippen MR) is 86.8 cm³/mol. The van der Waals surface area contributed by atoms with Crippen molar-refractivity contribution in [1.82, 2.24) is 9.88 Å². The van der Waals surface area contributed by atoms with Gasteiger partial charge in [-0.2, -0.15) is 15.5 Å². The van der Waals surface area contributed by atoms with Gasteiger partial charge in [-0.1, -0.05) is 18.2 Å². The second-order valence-corrected chi connectivity index (χ2v) is 4.96. The number of pyridine rings is 1. The van der Waals surface area contributed by atoms with Gasteiger partial charge in [0, 0.05) is 14.1 Å². The Morgan fingerprint density at radius 2 is 1.78 bits per heavy atom.